The Labute approximate surface area is 126 Å². The Balaban J connectivity index is 0.00000200. The maximum atomic E-state index is 12.5. The van der Waals surface area contributed by atoms with E-state index in [4.69, 9.17) is 10.5 Å². The quantitative estimate of drug-likeness (QED) is 0.932. The molecule has 1 heterocycles. The molecule has 2 unspecified atom stereocenters. The summed E-state index contributed by atoms with van der Waals surface area (Å²) in [6, 6.07) is 7.42. The minimum atomic E-state index is 0. The molecule has 2 rings (SSSR count). The van der Waals surface area contributed by atoms with Gasteiger partial charge in [0.15, 0.2) is 0 Å². The molecule has 1 aromatic rings. The predicted molar refractivity (Wildman–Crippen MR) is 82.5 cm³/mol. The summed E-state index contributed by atoms with van der Waals surface area (Å²) in [5, 5.41) is 0. The standard InChI is InChI=1S/C15H22N2O2.ClH/c1-11-4-3-9-17(14(11)10-16)15(18)12-5-7-13(19-2)8-6-12;/h5-8,11,14H,3-4,9-10,16H2,1-2H3;1H. The molecule has 0 spiro atoms. The van der Waals surface area contributed by atoms with Gasteiger partial charge in [-0.3, -0.25) is 4.79 Å². The number of carbonyl (C=O) groups is 1. The second kappa shape index (κ2) is 7.50. The largest absolute Gasteiger partial charge is 0.497 e. The van der Waals surface area contributed by atoms with E-state index in [-0.39, 0.29) is 24.4 Å². The highest BCUT2D eigenvalue weighted by molar-refractivity contribution is 5.94. The van der Waals surface area contributed by atoms with Crippen molar-refractivity contribution >= 4 is 18.3 Å². The maximum absolute atomic E-state index is 12.5. The van der Waals surface area contributed by atoms with Crippen molar-refractivity contribution < 1.29 is 9.53 Å². The van der Waals surface area contributed by atoms with Crippen LogP contribution in [0.4, 0.5) is 0 Å². The van der Waals surface area contributed by atoms with Gasteiger partial charge in [0.2, 0.25) is 0 Å². The molecule has 0 radical (unpaired) electrons. The van der Waals surface area contributed by atoms with Crippen molar-refractivity contribution in [2.24, 2.45) is 11.7 Å². The SMILES string of the molecule is COc1ccc(C(=O)N2CCCC(C)C2CN)cc1.Cl. The van der Waals surface area contributed by atoms with Crippen LogP contribution >= 0.6 is 12.4 Å². The lowest BCUT2D eigenvalue weighted by Gasteiger charge is -2.39. The normalized spacial score (nSPS) is 22.1. The molecule has 4 nitrogen and oxygen atoms in total. The number of hydrogen-bond acceptors (Lipinski definition) is 3. The van der Waals surface area contributed by atoms with Gasteiger partial charge in [0.05, 0.1) is 7.11 Å². The average molecular weight is 299 g/mol. The summed E-state index contributed by atoms with van der Waals surface area (Å²) >= 11 is 0. The van der Waals surface area contributed by atoms with Gasteiger partial charge in [-0.2, -0.15) is 0 Å². The Bertz CT molecular complexity index is 436. The molecule has 1 saturated heterocycles. The molecule has 5 heteroatoms. The van der Waals surface area contributed by atoms with Crippen molar-refractivity contribution in [3.8, 4) is 5.75 Å². The van der Waals surface area contributed by atoms with Crippen LogP contribution in [-0.4, -0.2) is 37.0 Å². The van der Waals surface area contributed by atoms with Crippen molar-refractivity contribution in [1.82, 2.24) is 4.90 Å². The third-order valence-corrected chi connectivity index (χ3v) is 3.95. The highest BCUT2D eigenvalue weighted by Gasteiger charge is 2.31. The number of likely N-dealkylation sites (tertiary alicyclic amines) is 1. The first-order valence-corrected chi connectivity index (χ1v) is 6.82. The van der Waals surface area contributed by atoms with Crippen LogP contribution < -0.4 is 10.5 Å². The van der Waals surface area contributed by atoms with E-state index >= 15 is 0 Å². The van der Waals surface area contributed by atoms with Gasteiger partial charge in [-0.1, -0.05) is 6.92 Å². The molecular formula is C15H23ClN2O2. The number of halogens is 1. The summed E-state index contributed by atoms with van der Waals surface area (Å²) in [4.78, 5) is 14.5. The molecule has 112 valence electrons. The number of ether oxygens (including phenoxy) is 1. The van der Waals surface area contributed by atoms with Gasteiger partial charge in [-0.25, -0.2) is 0 Å². The smallest absolute Gasteiger partial charge is 0.254 e. The molecular weight excluding hydrogens is 276 g/mol. The number of amides is 1. The van der Waals surface area contributed by atoms with Gasteiger partial charge >= 0.3 is 0 Å². The molecule has 2 N–H and O–H groups in total. The summed E-state index contributed by atoms with van der Waals surface area (Å²) in [5.74, 6) is 1.31. The first-order valence-electron chi connectivity index (χ1n) is 6.82. The Morgan fingerprint density at radius 2 is 2.05 bits per heavy atom. The number of rotatable bonds is 3. The minimum absolute atomic E-state index is 0. The van der Waals surface area contributed by atoms with Crippen LogP contribution in [-0.2, 0) is 0 Å². The van der Waals surface area contributed by atoms with E-state index in [9.17, 15) is 4.79 Å². The van der Waals surface area contributed by atoms with Gasteiger partial charge in [0.1, 0.15) is 5.75 Å². The number of carbonyl (C=O) groups excluding carboxylic acids is 1. The van der Waals surface area contributed by atoms with Crippen LogP contribution in [0.25, 0.3) is 0 Å². The van der Waals surface area contributed by atoms with Crippen LogP contribution in [0.3, 0.4) is 0 Å². The molecule has 1 aliphatic rings. The Hall–Kier alpha value is -1.26. The number of hydrogen-bond donors (Lipinski definition) is 1. The zero-order valence-corrected chi connectivity index (χ0v) is 12.9. The van der Waals surface area contributed by atoms with Gasteiger partial charge in [0.25, 0.3) is 5.91 Å². The summed E-state index contributed by atoms with van der Waals surface area (Å²) in [6.45, 7) is 3.51. The van der Waals surface area contributed by atoms with Crippen LogP contribution in [0.5, 0.6) is 5.75 Å². The molecule has 1 aliphatic heterocycles. The highest BCUT2D eigenvalue weighted by Crippen LogP contribution is 2.24. The van der Waals surface area contributed by atoms with Gasteiger partial charge < -0.3 is 15.4 Å². The minimum Gasteiger partial charge on any atom is -0.497 e. The van der Waals surface area contributed by atoms with E-state index in [1.807, 2.05) is 29.2 Å². The number of methoxy groups -OCH3 is 1. The molecule has 1 aromatic carbocycles. The Kier molecular flexibility index (Phi) is 6.30. The fourth-order valence-corrected chi connectivity index (χ4v) is 2.76. The molecule has 0 aromatic heterocycles. The third kappa shape index (κ3) is 3.44. The van der Waals surface area contributed by atoms with E-state index in [2.05, 4.69) is 6.92 Å². The van der Waals surface area contributed by atoms with Gasteiger partial charge in [-0.05, 0) is 43.0 Å². The molecule has 0 saturated carbocycles. The number of piperidine rings is 1. The lowest BCUT2D eigenvalue weighted by atomic mass is 9.90. The fraction of sp³-hybridized carbons (Fsp3) is 0.533. The van der Waals surface area contributed by atoms with Crippen LogP contribution in [0.15, 0.2) is 24.3 Å². The fourth-order valence-electron chi connectivity index (χ4n) is 2.76. The van der Waals surface area contributed by atoms with Crippen LogP contribution in [0, 0.1) is 5.92 Å². The Morgan fingerprint density at radius 1 is 1.40 bits per heavy atom. The van der Waals surface area contributed by atoms with Crippen molar-refractivity contribution in [1.29, 1.82) is 0 Å². The number of nitrogens with two attached hydrogens (primary N) is 1. The molecule has 2 atom stereocenters. The highest BCUT2D eigenvalue weighted by atomic mass is 35.5. The van der Waals surface area contributed by atoms with Crippen molar-refractivity contribution in [2.75, 3.05) is 20.2 Å². The second-order valence-electron chi connectivity index (χ2n) is 5.15. The predicted octanol–water partition coefficient (Wildman–Crippen LogP) is 2.32. The van der Waals surface area contributed by atoms with E-state index in [0.29, 0.717) is 18.0 Å². The molecule has 1 amide bonds. The van der Waals surface area contributed by atoms with Crippen molar-refractivity contribution in [2.45, 2.75) is 25.8 Å². The first kappa shape index (κ1) is 16.8. The second-order valence-corrected chi connectivity index (χ2v) is 5.15. The topological polar surface area (TPSA) is 55.6 Å². The average Bonchev–Trinajstić information content (AvgIpc) is 2.46. The lowest BCUT2D eigenvalue weighted by Crippen LogP contribution is -2.51. The molecule has 1 fully saturated rings. The third-order valence-electron chi connectivity index (χ3n) is 3.95. The number of nitrogens with zero attached hydrogens (tertiary/aromatic N) is 1. The maximum Gasteiger partial charge on any atom is 0.254 e. The van der Waals surface area contributed by atoms with Crippen molar-refractivity contribution in [3.63, 3.8) is 0 Å². The lowest BCUT2D eigenvalue weighted by molar-refractivity contribution is 0.0532. The van der Waals surface area contributed by atoms with E-state index in [1.165, 1.54) is 0 Å². The Morgan fingerprint density at radius 3 is 2.60 bits per heavy atom. The summed E-state index contributed by atoms with van der Waals surface area (Å²) in [5.41, 5.74) is 6.53. The molecule has 0 aliphatic carbocycles. The van der Waals surface area contributed by atoms with E-state index in [1.54, 1.807) is 7.11 Å². The summed E-state index contributed by atoms with van der Waals surface area (Å²) in [6.07, 6.45) is 2.20. The van der Waals surface area contributed by atoms with Gasteiger partial charge in [0, 0.05) is 24.7 Å². The van der Waals surface area contributed by atoms with E-state index < -0.39 is 0 Å². The zero-order valence-electron chi connectivity index (χ0n) is 12.0. The van der Waals surface area contributed by atoms with Crippen LogP contribution in [0.1, 0.15) is 30.1 Å². The first-order chi connectivity index (χ1) is 9.17. The summed E-state index contributed by atoms with van der Waals surface area (Å²) < 4.78 is 5.11. The summed E-state index contributed by atoms with van der Waals surface area (Å²) in [7, 11) is 1.62. The van der Waals surface area contributed by atoms with Crippen molar-refractivity contribution in [3.05, 3.63) is 29.8 Å². The zero-order chi connectivity index (χ0) is 13.8. The molecule has 0 bridgehead atoms. The monoisotopic (exact) mass is 298 g/mol. The van der Waals surface area contributed by atoms with E-state index in [0.717, 1.165) is 25.1 Å². The molecule has 20 heavy (non-hydrogen) atoms. The number of benzene rings is 1. The van der Waals surface area contributed by atoms with Crippen LogP contribution in [0.2, 0.25) is 0 Å². The van der Waals surface area contributed by atoms with Gasteiger partial charge in [-0.15, -0.1) is 12.4 Å².